The van der Waals surface area contributed by atoms with Gasteiger partial charge in [0.15, 0.2) is 0 Å². The van der Waals surface area contributed by atoms with Gasteiger partial charge in [0.25, 0.3) is 0 Å². The number of ether oxygens (including phenoxy) is 1. The third-order valence-electron chi connectivity index (χ3n) is 3.87. The highest BCUT2D eigenvalue weighted by molar-refractivity contribution is 5.76. The van der Waals surface area contributed by atoms with Crippen LogP contribution in [-0.2, 0) is 4.79 Å². The summed E-state index contributed by atoms with van der Waals surface area (Å²) in [6.07, 6.45) is 0.399. The van der Waals surface area contributed by atoms with Crippen molar-refractivity contribution in [1.82, 2.24) is 0 Å². The molecule has 4 heteroatoms. The molecule has 1 aliphatic heterocycles. The van der Waals surface area contributed by atoms with Crippen molar-refractivity contribution in [2.45, 2.75) is 18.3 Å². The number of benzene rings is 2. The number of hydrogen-bond acceptors (Lipinski definition) is 2. The molecule has 1 N–H and O–H groups in total. The highest BCUT2D eigenvalue weighted by Crippen LogP contribution is 2.39. The molecule has 0 bridgehead atoms. The second-order valence-corrected chi connectivity index (χ2v) is 5.23. The van der Waals surface area contributed by atoms with Gasteiger partial charge in [0.05, 0.1) is 12.5 Å². The van der Waals surface area contributed by atoms with Gasteiger partial charge in [0.1, 0.15) is 11.6 Å². The van der Waals surface area contributed by atoms with Crippen LogP contribution in [0, 0.1) is 5.82 Å². The normalized spacial score (nSPS) is 17.9. The first-order valence-corrected chi connectivity index (χ1v) is 6.85. The van der Waals surface area contributed by atoms with Crippen LogP contribution in [0.4, 0.5) is 4.39 Å². The van der Waals surface area contributed by atoms with Crippen LogP contribution < -0.4 is 4.74 Å². The summed E-state index contributed by atoms with van der Waals surface area (Å²) in [6, 6.07) is 13.5. The first kappa shape index (κ1) is 13.6. The zero-order chi connectivity index (χ0) is 14.8. The third kappa shape index (κ3) is 2.75. The van der Waals surface area contributed by atoms with E-state index in [-0.39, 0.29) is 5.92 Å². The number of carbonyl (C=O) groups is 1. The van der Waals surface area contributed by atoms with Crippen LogP contribution in [0.1, 0.15) is 29.4 Å². The van der Waals surface area contributed by atoms with Crippen LogP contribution in [0.5, 0.6) is 5.75 Å². The summed E-state index contributed by atoms with van der Waals surface area (Å²) < 4.78 is 18.9. The predicted molar refractivity (Wildman–Crippen MR) is 76.1 cm³/mol. The van der Waals surface area contributed by atoms with E-state index >= 15 is 0 Å². The molecule has 0 saturated heterocycles. The lowest BCUT2D eigenvalue weighted by atomic mass is 9.86. The standard InChI is InChI=1S/C17H15FO3/c18-13-5-3-4-11(8-13)15(17(19)20)9-12-10-21-16-7-2-1-6-14(12)16/h1-8,12,15H,9-10H2,(H,19,20). The number of carboxylic acids is 1. The molecule has 0 aromatic heterocycles. The maximum Gasteiger partial charge on any atom is 0.310 e. The number of hydrogen-bond donors (Lipinski definition) is 1. The average molecular weight is 286 g/mol. The fourth-order valence-corrected chi connectivity index (χ4v) is 2.81. The SMILES string of the molecule is O=C(O)C(CC1COc2ccccc21)c1cccc(F)c1. The maximum atomic E-state index is 13.3. The van der Waals surface area contributed by atoms with E-state index in [1.165, 1.54) is 12.1 Å². The summed E-state index contributed by atoms with van der Waals surface area (Å²) in [5, 5.41) is 9.46. The molecule has 108 valence electrons. The summed E-state index contributed by atoms with van der Waals surface area (Å²) in [6.45, 7) is 0.471. The molecule has 3 rings (SSSR count). The van der Waals surface area contributed by atoms with Crippen LogP contribution in [0.15, 0.2) is 48.5 Å². The summed E-state index contributed by atoms with van der Waals surface area (Å²) in [4.78, 5) is 11.5. The highest BCUT2D eigenvalue weighted by Gasteiger charge is 2.30. The van der Waals surface area contributed by atoms with Crippen molar-refractivity contribution in [2.75, 3.05) is 6.61 Å². The second kappa shape index (κ2) is 5.56. The number of rotatable bonds is 4. The van der Waals surface area contributed by atoms with Crippen molar-refractivity contribution in [3.8, 4) is 5.75 Å². The van der Waals surface area contributed by atoms with Gasteiger partial charge >= 0.3 is 5.97 Å². The molecule has 2 atom stereocenters. The Bertz CT molecular complexity index is 669. The lowest BCUT2D eigenvalue weighted by molar-refractivity contribution is -0.139. The van der Waals surface area contributed by atoms with Gasteiger partial charge in [-0.3, -0.25) is 4.79 Å². The van der Waals surface area contributed by atoms with Crippen LogP contribution in [0.2, 0.25) is 0 Å². The van der Waals surface area contributed by atoms with Gasteiger partial charge in [-0.05, 0) is 30.2 Å². The minimum absolute atomic E-state index is 0.0190. The average Bonchev–Trinajstić information content (AvgIpc) is 2.87. The van der Waals surface area contributed by atoms with Crippen molar-refractivity contribution in [1.29, 1.82) is 0 Å². The maximum absolute atomic E-state index is 13.3. The van der Waals surface area contributed by atoms with Crippen molar-refractivity contribution < 1.29 is 19.0 Å². The monoisotopic (exact) mass is 286 g/mol. The lowest BCUT2D eigenvalue weighted by Crippen LogP contribution is -2.16. The molecule has 0 radical (unpaired) electrons. The fraction of sp³-hybridized carbons (Fsp3) is 0.235. The van der Waals surface area contributed by atoms with Gasteiger partial charge < -0.3 is 9.84 Å². The van der Waals surface area contributed by atoms with Crippen molar-refractivity contribution >= 4 is 5.97 Å². The minimum atomic E-state index is -0.940. The second-order valence-electron chi connectivity index (χ2n) is 5.23. The number of aliphatic carboxylic acids is 1. The molecule has 0 spiro atoms. The van der Waals surface area contributed by atoms with E-state index < -0.39 is 17.7 Å². The fourth-order valence-electron chi connectivity index (χ4n) is 2.81. The topological polar surface area (TPSA) is 46.5 Å². The summed E-state index contributed by atoms with van der Waals surface area (Å²) in [5.74, 6) is -1.26. The van der Waals surface area contributed by atoms with Gasteiger partial charge in [0, 0.05) is 11.5 Å². The Kier molecular flexibility index (Phi) is 3.60. The molecule has 1 heterocycles. The zero-order valence-corrected chi connectivity index (χ0v) is 11.3. The smallest absolute Gasteiger partial charge is 0.310 e. The molecule has 3 nitrogen and oxygen atoms in total. The molecular weight excluding hydrogens is 271 g/mol. The van der Waals surface area contributed by atoms with Crippen molar-refractivity contribution in [3.63, 3.8) is 0 Å². The van der Waals surface area contributed by atoms with Crippen LogP contribution in [0.25, 0.3) is 0 Å². The number of fused-ring (bicyclic) bond motifs is 1. The van der Waals surface area contributed by atoms with Gasteiger partial charge in [-0.15, -0.1) is 0 Å². The minimum Gasteiger partial charge on any atom is -0.493 e. The molecule has 0 fully saturated rings. The third-order valence-corrected chi connectivity index (χ3v) is 3.87. The first-order valence-electron chi connectivity index (χ1n) is 6.85. The van der Waals surface area contributed by atoms with Crippen molar-refractivity contribution in [3.05, 3.63) is 65.5 Å². The summed E-state index contributed by atoms with van der Waals surface area (Å²) >= 11 is 0. The Labute approximate surface area is 122 Å². The van der Waals surface area contributed by atoms with Crippen LogP contribution in [-0.4, -0.2) is 17.7 Å². The first-order chi connectivity index (χ1) is 10.1. The summed E-state index contributed by atoms with van der Waals surface area (Å²) in [7, 11) is 0. The quantitative estimate of drug-likeness (QED) is 0.934. The van der Waals surface area contributed by atoms with Gasteiger partial charge in [-0.1, -0.05) is 30.3 Å². The van der Waals surface area contributed by atoms with Crippen LogP contribution in [0.3, 0.4) is 0 Å². The molecule has 0 amide bonds. The molecule has 1 aliphatic rings. The Morgan fingerprint density at radius 1 is 1.29 bits per heavy atom. The van der Waals surface area contributed by atoms with E-state index in [4.69, 9.17) is 4.74 Å². The highest BCUT2D eigenvalue weighted by atomic mass is 19.1. The lowest BCUT2D eigenvalue weighted by Gasteiger charge is -2.17. The van der Waals surface area contributed by atoms with Crippen molar-refractivity contribution in [2.24, 2.45) is 0 Å². The van der Waals surface area contributed by atoms with E-state index in [9.17, 15) is 14.3 Å². The largest absolute Gasteiger partial charge is 0.493 e. The van der Waals surface area contributed by atoms with Gasteiger partial charge in [-0.2, -0.15) is 0 Å². The predicted octanol–water partition coefficient (Wildman–Crippen LogP) is 3.56. The molecule has 2 unspecified atom stereocenters. The van der Waals surface area contributed by atoms with Gasteiger partial charge in [0.2, 0.25) is 0 Å². The molecule has 2 aromatic carbocycles. The van der Waals surface area contributed by atoms with E-state index in [0.29, 0.717) is 18.6 Å². The van der Waals surface area contributed by atoms with E-state index in [0.717, 1.165) is 11.3 Å². The number of para-hydroxylation sites is 1. The molecule has 0 saturated carbocycles. The number of carboxylic acid groups (broad SMARTS) is 1. The Hall–Kier alpha value is -2.36. The van der Waals surface area contributed by atoms with Gasteiger partial charge in [-0.25, -0.2) is 4.39 Å². The van der Waals surface area contributed by atoms with E-state index in [1.807, 2.05) is 24.3 Å². The van der Waals surface area contributed by atoms with E-state index in [1.54, 1.807) is 12.1 Å². The molecular formula is C17H15FO3. The molecule has 21 heavy (non-hydrogen) atoms. The Balaban J connectivity index is 1.86. The van der Waals surface area contributed by atoms with E-state index in [2.05, 4.69) is 0 Å². The van der Waals surface area contributed by atoms with Crippen LogP contribution >= 0.6 is 0 Å². The Morgan fingerprint density at radius 2 is 2.10 bits per heavy atom. The Morgan fingerprint density at radius 3 is 2.86 bits per heavy atom. The zero-order valence-electron chi connectivity index (χ0n) is 11.3. The summed E-state index contributed by atoms with van der Waals surface area (Å²) in [5.41, 5.74) is 1.52. The molecule has 2 aromatic rings. The molecule has 0 aliphatic carbocycles. The number of halogens is 1.